The van der Waals surface area contributed by atoms with E-state index >= 15 is 0 Å². The van der Waals surface area contributed by atoms with Crippen molar-refractivity contribution in [3.8, 4) is 11.5 Å². The maximum atomic E-state index is 5.87. The molecule has 2 heterocycles. The molecule has 2 aliphatic heterocycles. The molecular formula is C10H11NO2. The van der Waals surface area contributed by atoms with E-state index in [2.05, 4.69) is 0 Å². The maximum Gasteiger partial charge on any atom is 0.131 e. The molecule has 2 N–H and O–H groups in total. The average molecular weight is 177 g/mol. The molecule has 3 rings (SSSR count). The van der Waals surface area contributed by atoms with E-state index in [0.29, 0.717) is 6.61 Å². The minimum atomic E-state index is 0.0425. The van der Waals surface area contributed by atoms with Gasteiger partial charge in [-0.3, -0.25) is 0 Å². The van der Waals surface area contributed by atoms with Crippen LogP contribution in [0.25, 0.3) is 0 Å². The van der Waals surface area contributed by atoms with E-state index in [1.54, 1.807) is 0 Å². The Morgan fingerprint density at radius 2 is 2.23 bits per heavy atom. The monoisotopic (exact) mass is 177 g/mol. The first-order valence-electron chi connectivity index (χ1n) is 4.53. The lowest BCUT2D eigenvalue weighted by Gasteiger charge is -2.04. The summed E-state index contributed by atoms with van der Waals surface area (Å²) in [6.07, 6.45) is 0.950. The second kappa shape index (κ2) is 2.39. The van der Waals surface area contributed by atoms with Gasteiger partial charge in [-0.2, -0.15) is 0 Å². The fourth-order valence-corrected chi connectivity index (χ4v) is 1.99. The number of rotatable bonds is 0. The highest BCUT2D eigenvalue weighted by Crippen LogP contribution is 2.41. The number of hydrogen-bond acceptors (Lipinski definition) is 3. The summed E-state index contributed by atoms with van der Waals surface area (Å²) in [5.41, 5.74) is 8.20. The largest absolute Gasteiger partial charge is 0.493 e. The fourth-order valence-electron chi connectivity index (χ4n) is 1.99. The summed E-state index contributed by atoms with van der Waals surface area (Å²) in [4.78, 5) is 0. The maximum absolute atomic E-state index is 5.87. The summed E-state index contributed by atoms with van der Waals surface area (Å²) < 4.78 is 11.0. The van der Waals surface area contributed by atoms with Crippen LogP contribution in [-0.4, -0.2) is 13.2 Å². The number of nitrogens with two attached hydrogens (primary N) is 1. The summed E-state index contributed by atoms with van der Waals surface area (Å²) in [6.45, 7) is 1.37. The van der Waals surface area contributed by atoms with E-state index in [0.717, 1.165) is 30.1 Å². The van der Waals surface area contributed by atoms with Crippen LogP contribution in [0.4, 0.5) is 0 Å². The molecule has 3 heteroatoms. The number of benzene rings is 1. The Balaban J connectivity index is 2.21. The van der Waals surface area contributed by atoms with E-state index in [1.165, 1.54) is 5.56 Å². The van der Waals surface area contributed by atoms with Gasteiger partial charge >= 0.3 is 0 Å². The van der Waals surface area contributed by atoms with Crippen LogP contribution in [0.15, 0.2) is 12.1 Å². The van der Waals surface area contributed by atoms with Crippen molar-refractivity contribution in [2.24, 2.45) is 5.73 Å². The lowest BCUT2D eigenvalue weighted by Crippen LogP contribution is -2.10. The van der Waals surface area contributed by atoms with E-state index in [9.17, 15) is 0 Å². The van der Waals surface area contributed by atoms with Gasteiger partial charge in [-0.15, -0.1) is 0 Å². The zero-order valence-electron chi connectivity index (χ0n) is 7.25. The predicted octanol–water partition coefficient (Wildman–Crippen LogP) is 1.01. The van der Waals surface area contributed by atoms with Gasteiger partial charge in [0.2, 0.25) is 0 Å². The fraction of sp³-hybridized carbons (Fsp3) is 0.400. The van der Waals surface area contributed by atoms with Gasteiger partial charge in [0, 0.05) is 17.5 Å². The standard InChI is InChI=1S/C10H11NO2/c11-8-5-13-10-6(8)1-2-9-7(10)3-4-12-9/h1-2,8H,3-5,11H2/t8-/m1/s1. The van der Waals surface area contributed by atoms with Gasteiger partial charge in [0.25, 0.3) is 0 Å². The van der Waals surface area contributed by atoms with Crippen molar-refractivity contribution in [1.29, 1.82) is 0 Å². The molecule has 0 aromatic heterocycles. The lowest BCUT2D eigenvalue weighted by atomic mass is 10.0. The molecule has 0 saturated carbocycles. The van der Waals surface area contributed by atoms with Crippen molar-refractivity contribution in [3.63, 3.8) is 0 Å². The van der Waals surface area contributed by atoms with Crippen molar-refractivity contribution in [2.45, 2.75) is 12.5 Å². The second-order valence-corrected chi connectivity index (χ2v) is 3.48. The Morgan fingerprint density at radius 3 is 3.15 bits per heavy atom. The van der Waals surface area contributed by atoms with Gasteiger partial charge < -0.3 is 15.2 Å². The molecule has 1 aromatic carbocycles. The van der Waals surface area contributed by atoms with Crippen LogP contribution in [0.1, 0.15) is 17.2 Å². The predicted molar refractivity (Wildman–Crippen MR) is 48.1 cm³/mol. The van der Waals surface area contributed by atoms with E-state index in [1.807, 2.05) is 12.1 Å². The summed E-state index contributed by atoms with van der Waals surface area (Å²) in [5.74, 6) is 1.94. The first-order chi connectivity index (χ1) is 6.36. The van der Waals surface area contributed by atoms with Crippen molar-refractivity contribution in [1.82, 2.24) is 0 Å². The zero-order valence-corrected chi connectivity index (χ0v) is 7.25. The summed E-state index contributed by atoms with van der Waals surface area (Å²) in [5, 5.41) is 0. The third kappa shape index (κ3) is 0.877. The molecule has 68 valence electrons. The van der Waals surface area contributed by atoms with Gasteiger partial charge in [0.05, 0.1) is 12.6 Å². The lowest BCUT2D eigenvalue weighted by molar-refractivity contribution is 0.331. The summed E-state index contributed by atoms with van der Waals surface area (Å²) >= 11 is 0. The highest BCUT2D eigenvalue weighted by molar-refractivity contribution is 5.54. The number of fused-ring (bicyclic) bond motifs is 3. The Labute approximate surface area is 76.4 Å². The molecule has 0 unspecified atom stereocenters. The van der Waals surface area contributed by atoms with E-state index < -0.39 is 0 Å². The molecule has 0 radical (unpaired) electrons. The van der Waals surface area contributed by atoms with Crippen molar-refractivity contribution >= 4 is 0 Å². The molecule has 0 spiro atoms. The molecule has 0 fully saturated rings. The molecule has 0 saturated heterocycles. The molecule has 1 aromatic rings. The zero-order chi connectivity index (χ0) is 8.84. The van der Waals surface area contributed by atoms with Gasteiger partial charge in [0.1, 0.15) is 18.1 Å². The van der Waals surface area contributed by atoms with Crippen LogP contribution in [0, 0.1) is 0 Å². The molecule has 0 aliphatic carbocycles. The first kappa shape index (κ1) is 7.21. The number of hydrogen-bond donors (Lipinski definition) is 1. The van der Waals surface area contributed by atoms with E-state index in [-0.39, 0.29) is 6.04 Å². The highest BCUT2D eigenvalue weighted by atomic mass is 16.5. The highest BCUT2D eigenvalue weighted by Gasteiger charge is 2.27. The van der Waals surface area contributed by atoms with Crippen molar-refractivity contribution in [3.05, 3.63) is 23.3 Å². The van der Waals surface area contributed by atoms with Gasteiger partial charge in [-0.05, 0) is 12.1 Å². The Hall–Kier alpha value is -1.22. The molecule has 3 nitrogen and oxygen atoms in total. The third-order valence-electron chi connectivity index (χ3n) is 2.66. The quantitative estimate of drug-likeness (QED) is 0.643. The Bertz CT molecular complexity index is 362. The van der Waals surface area contributed by atoms with Crippen LogP contribution < -0.4 is 15.2 Å². The van der Waals surface area contributed by atoms with Gasteiger partial charge in [0.15, 0.2) is 0 Å². The topological polar surface area (TPSA) is 44.5 Å². The van der Waals surface area contributed by atoms with Crippen LogP contribution >= 0.6 is 0 Å². The summed E-state index contributed by atoms with van der Waals surface area (Å²) in [6, 6.07) is 4.05. The van der Waals surface area contributed by atoms with Crippen LogP contribution in [0.2, 0.25) is 0 Å². The smallest absolute Gasteiger partial charge is 0.131 e. The minimum absolute atomic E-state index is 0.0425. The molecule has 0 bridgehead atoms. The SMILES string of the molecule is N[C@@H]1COc2c1ccc1c2CCO1. The van der Waals surface area contributed by atoms with Gasteiger partial charge in [-0.1, -0.05) is 0 Å². The van der Waals surface area contributed by atoms with Gasteiger partial charge in [-0.25, -0.2) is 0 Å². The normalized spacial score (nSPS) is 23.3. The van der Waals surface area contributed by atoms with Crippen molar-refractivity contribution < 1.29 is 9.47 Å². The first-order valence-corrected chi connectivity index (χ1v) is 4.53. The van der Waals surface area contributed by atoms with Crippen LogP contribution in [0.5, 0.6) is 11.5 Å². The average Bonchev–Trinajstić information content (AvgIpc) is 2.70. The number of ether oxygens (including phenoxy) is 2. The molecule has 0 amide bonds. The molecule has 13 heavy (non-hydrogen) atoms. The summed E-state index contributed by atoms with van der Waals surface area (Å²) in [7, 11) is 0. The van der Waals surface area contributed by atoms with Crippen LogP contribution in [0.3, 0.4) is 0 Å². The molecule has 1 atom stereocenters. The molecule has 2 aliphatic rings. The van der Waals surface area contributed by atoms with E-state index in [4.69, 9.17) is 15.2 Å². The molecular weight excluding hydrogens is 166 g/mol. The second-order valence-electron chi connectivity index (χ2n) is 3.48. The third-order valence-corrected chi connectivity index (χ3v) is 2.66. The minimum Gasteiger partial charge on any atom is -0.493 e. The van der Waals surface area contributed by atoms with Crippen LogP contribution in [-0.2, 0) is 6.42 Å². The Kier molecular flexibility index (Phi) is 1.32. The Morgan fingerprint density at radius 1 is 1.31 bits per heavy atom. The van der Waals surface area contributed by atoms with Crippen molar-refractivity contribution in [2.75, 3.05) is 13.2 Å².